The molecule has 0 bridgehead atoms. The van der Waals surface area contributed by atoms with Crippen LogP contribution in [0.1, 0.15) is 38.4 Å². The molecule has 0 radical (unpaired) electrons. The molecule has 82 valence electrons. The molecule has 0 aliphatic rings. The third-order valence-corrected chi connectivity index (χ3v) is 2.72. The number of benzene rings is 1. The average molecular weight is 206 g/mol. The van der Waals surface area contributed by atoms with Crippen LogP contribution in [0.15, 0.2) is 30.3 Å². The normalized spacial score (nSPS) is 14.6. The number of hydrogen-bond donors (Lipinski definition) is 1. The maximum Gasteiger partial charge on any atom is 0.138 e. The minimum atomic E-state index is -0.663. The van der Waals surface area contributed by atoms with Gasteiger partial charge in [-0.1, -0.05) is 44.2 Å². The summed E-state index contributed by atoms with van der Waals surface area (Å²) in [5.41, 5.74) is 0.825. The van der Waals surface area contributed by atoms with Gasteiger partial charge < -0.3 is 5.11 Å². The first-order chi connectivity index (χ1) is 7.20. The van der Waals surface area contributed by atoms with Gasteiger partial charge in [-0.25, -0.2) is 0 Å². The third kappa shape index (κ3) is 2.90. The summed E-state index contributed by atoms with van der Waals surface area (Å²) in [6.07, 6.45) is 0.508. The van der Waals surface area contributed by atoms with E-state index >= 15 is 0 Å². The minimum Gasteiger partial charge on any atom is -0.388 e. The standard InChI is InChI=1S/C13H18O2/c1-3-11(12(14)4-2)13(15)10-8-6-5-7-9-10/h5-9,11,13,15H,3-4H2,1-2H3/t11-,13-/m0/s1. The van der Waals surface area contributed by atoms with Gasteiger partial charge in [0, 0.05) is 12.3 Å². The summed E-state index contributed by atoms with van der Waals surface area (Å²) >= 11 is 0. The van der Waals surface area contributed by atoms with E-state index in [-0.39, 0.29) is 11.7 Å². The molecule has 2 nitrogen and oxygen atoms in total. The number of aliphatic hydroxyl groups is 1. The lowest BCUT2D eigenvalue weighted by molar-refractivity contribution is -0.126. The summed E-state index contributed by atoms with van der Waals surface area (Å²) < 4.78 is 0. The maximum atomic E-state index is 11.6. The quantitative estimate of drug-likeness (QED) is 0.804. The van der Waals surface area contributed by atoms with Crippen molar-refractivity contribution in [3.05, 3.63) is 35.9 Å². The van der Waals surface area contributed by atoms with Crippen LogP contribution in [-0.2, 0) is 4.79 Å². The van der Waals surface area contributed by atoms with Gasteiger partial charge >= 0.3 is 0 Å². The van der Waals surface area contributed by atoms with Gasteiger partial charge in [-0.2, -0.15) is 0 Å². The molecule has 1 rings (SSSR count). The Kier molecular flexibility index (Phi) is 4.50. The molecule has 0 aliphatic carbocycles. The van der Waals surface area contributed by atoms with E-state index in [0.29, 0.717) is 12.8 Å². The van der Waals surface area contributed by atoms with Gasteiger partial charge in [-0.3, -0.25) is 4.79 Å². The monoisotopic (exact) mass is 206 g/mol. The topological polar surface area (TPSA) is 37.3 Å². The molecule has 2 heteroatoms. The van der Waals surface area contributed by atoms with E-state index in [1.54, 1.807) is 0 Å². The number of carbonyl (C=O) groups excluding carboxylic acids is 1. The molecule has 0 spiro atoms. The second kappa shape index (κ2) is 5.66. The van der Waals surface area contributed by atoms with Crippen molar-refractivity contribution in [2.24, 2.45) is 5.92 Å². The van der Waals surface area contributed by atoms with Gasteiger partial charge in [0.05, 0.1) is 6.10 Å². The van der Waals surface area contributed by atoms with Crippen molar-refractivity contribution >= 4 is 5.78 Å². The van der Waals surface area contributed by atoms with E-state index < -0.39 is 6.10 Å². The highest BCUT2D eigenvalue weighted by molar-refractivity contribution is 5.81. The van der Waals surface area contributed by atoms with Gasteiger partial charge in [0.15, 0.2) is 0 Å². The first kappa shape index (κ1) is 11.9. The second-order valence-electron chi connectivity index (χ2n) is 3.69. The number of hydrogen-bond acceptors (Lipinski definition) is 2. The van der Waals surface area contributed by atoms with Gasteiger partial charge in [-0.15, -0.1) is 0 Å². The summed E-state index contributed by atoms with van der Waals surface area (Å²) in [4.78, 5) is 11.6. The molecule has 0 saturated heterocycles. The molecular formula is C13H18O2. The fourth-order valence-electron chi connectivity index (χ4n) is 1.77. The molecule has 0 amide bonds. The Morgan fingerprint density at radius 2 is 1.87 bits per heavy atom. The van der Waals surface area contributed by atoms with Crippen molar-refractivity contribution in [1.82, 2.24) is 0 Å². The van der Waals surface area contributed by atoms with E-state index in [9.17, 15) is 9.90 Å². The first-order valence-electron chi connectivity index (χ1n) is 5.46. The van der Waals surface area contributed by atoms with Crippen LogP contribution in [0.25, 0.3) is 0 Å². The molecule has 0 heterocycles. The zero-order valence-corrected chi connectivity index (χ0v) is 9.31. The predicted molar refractivity (Wildman–Crippen MR) is 60.5 cm³/mol. The molecule has 1 N–H and O–H groups in total. The minimum absolute atomic E-state index is 0.133. The lowest BCUT2D eigenvalue weighted by Crippen LogP contribution is -2.21. The lowest BCUT2D eigenvalue weighted by Gasteiger charge is -2.20. The van der Waals surface area contributed by atoms with Gasteiger partial charge in [0.2, 0.25) is 0 Å². The summed E-state index contributed by atoms with van der Waals surface area (Å²) in [6.45, 7) is 3.77. The van der Waals surface area contributed by atoms with Crippen LogP contribution in [-0.4, -0.2) is 10.9 Å². The van der Waals surface area contributed by atoms with E-state index in [2.05, 4.69) is 0 Å². The Morgan fingerprint density at radius 3 is 2.33 bits per heavy atom. The Morgan fingerprint density at radius 1 is 1.27 bits per heavy atom. The lowest BCUT2D eigenvalue weighted by atomic mass is 9.89. The predicted octanol–water partition coefficient (Wildman–Crippen LogP) is 2.73. The third-order valence-electron chi connectivity index (χ3n) is 2.72. The molecule has 2 atom stereocenters. The Hall–Kier alpha value is -1.15. The summed E-state index contributed by atoms with van der Waals surface area (Å²) in [6, 6.07) is 9.37. The Bertz CT molecular complexity index is 306. The van der Waals surface area contributed by atoms with Crippen molar-refractivity contribution in [2.75, 3.05) is 0 Å². The zero-order valence-electron chi connectivity index (χ0n) is 9.31. The van der Waals surface area contributed by atoms with E-state index in [0.717, 1.165) is 5.56 Å². The van der Waals surface area contributed by atoms with Crippen LogP contribution in [0, 0.1) is 5.92 Å². The number of Topliss-reactive ketones (excluding diaryl/α,β-unsaturated/α-hetero) is 1. The molecule has 0 fully saturated rings. The molecule has 0 aromatic heterocycles. The molecule has 0 unspecified atom stereocenters. The summed E-state index contributed by atoms with van der Waals surface area (Å²) in [7, 11) is 0. The molecule has 1 aromatic rings. The van der Waals surface area contributed by atoms with E-state index in [1.807, 2.05) is 44.2 Å². The van der Waals surface area contributed by atoms with Crippen LogP contribution in [0.4, 0.5) is 0 Å². The highest BCUT2D eigenvalue weighted by atomic mass is 16.3. The Balaban J connectivity index is 2.82. The van der Waals surface area contributed by atoms with Crippen molar-refractivity contribution < 1.29 is 9.90 Å². The molecule has 0 aliphatic heterocycles. The highest BCUT2D eigenvalue weighted by Crippen LogP contribution is 2.25. The number of rotatable bonds is 5. The van der Waals surface area contributed by atoms with Crippen molar-refractivity contribution in [3.8, 4) is 0 Å². The second-order valence-corrected chi connectivity index (χ2v) is 3.69. The molecular weight excluding hydrogens is 188 g/mol. The molecule has 15 heavy (non-hydrogen) atoms. The highest BCUT2D eigenvalue weighted by Gasteiger charge is 2.24. The van der Waals surface area contributed by atoms with E-state index in [4.69, 9.17) is 0 Å². The van der Waals surface area contributed by atoms with Crippen LogP contribution < -0.4 is 0 Å². The fourth-order valence-corrected chi connectivity index (χ4v) is 1.77. The van der Waals surface area contributed by atoms with Crippen LogP contribution >= 0.6 is 0 Å². The zero-order chi connectivity index (χ0) is 11.3. The van der Waals surface area contributed by atoms with Crippen molar-refractivity contribution in [3.63, 3.8) is 0 Å². The number of aliphatic hydroxyl groups excluding tert-OH is 1. The van der Waals surface area contributed by atoms with Crippen molar-refractivity contribution in [1.29, 1.82) is 0 Å². The number of carbonyl (C=O) groups is 1. The largest absolute Gasteiger partial charge is 0.388 e. The Labute approximate surface area is 90.9 Å². The van der Waals surface area contributed by atoms with Crippen LogP contribution in [0.5, 0.6) is 0 Å². The average Bonchev–Trinajstić information content (AvgIpc) is 2.30. The van der Waals surface area contributed by atoms with Crippen LogP contribution in [0.2, 0.25) is 0 Å². The summed E-state index contributed by atoms with van der Waals surface area (Å²) in [5.74, 6) is -0.133. The van der Waals surface area contributed by atoms with Gasteiger partial charge in [0.1, 0.15) is 5.78 Å². The van der Waals surface area contributed by atoms with Crippen molar-refractivity contribution in [2.45, 2.75) is 32.8 Å². The smallest absolute Gasteiger partial charge is 0.138 e. The summed E-state index contributed by atoms with van der Waals surface area (Å²) in [5, 5.41) is 10.1. The number of ketones is 1. The SMILES string of the molecule is CCC(=O)[C@H](CC)[C@@H](O)c1ccccc1. The molecule has 0 saturated carbocycles. The fraction of sp³-hybridized carbons (Fsp3) is 0.462. The van der Waals surface area contributed by atoms with Gasteiger partial charge in [-0.05, 0) is 12.0 Å². The van der Waals surface area contributed by atoms with Gasteiger partial charge in [0.25, 0.3) is 0 Å². The molecule has 1 aromatic carbocycles. The van der Waals surface area contributed by atoms with E-state index in [1.165, 1.54) is 0 Å². The van der Waals surface area contributed by atoms with Crippen LogP contribution in [0.3, 0.4) is 0 Å². The first-order valence-corrected chi connectivity index (χ1v) is 5.46. The maximum absolute atomic E-state index is 11.6.